The lowest BCUT2D eigenvalue weighted by Gasteiger charge is -2.02. The summed E-state index contributed by atoms with van der Waals surface area (Å²) in [4.78, 5) is 18.9. The fraction of sp³-hybridized carbons (Fsp3) is 0.375. The van der Waals surface area contributed by atoms with E-state index in [0.717, 1.165) is 0 Å². The Hall–Kier alpha value is -1.20. The highest BCUT2D eigenvalue weighted by Gasteiger charge is 2.05. The molecule has 1 aromatic rings. The molecule has 0 saturated heterocycles. The van der Waals surface area contributed by atoms with Crippen LogP contribution in [0.25, 0.3) is 0 Å². The normalized spacial score (nSPS) is 9.86. The zero-order valence-corrected chi connectivity index (χ0v) is 8.41. The minimum absolute atomic E-state index is 0.241. The van der Waals surface area contributed by atoms with Gasteiger partial charge in [0.15, 0.2) is 0 Å². The van der Waals surface area contributed by atoms with E-state index in [1.165, 1.54) is 12.4 Å². The van der Waals surface area contributed by atoms with Gasteiger partial charge in [-0.2, -0.15) is 0 Å². The predicted octanol–water partition coefficient (Wildman–Crippen LogP) is 0.506. The molecular weight excluding hydrogens is 206 g/mol. The maximum atomic E-state index is 11.3. The summed E-state index contributed by atoms with van der Waals surface area (Å²) in [6.45, 7) is 0.909. The number of hydrogen-bond acceptors (Lipinski definition) is 4. The van der Waals surface area contributed by atoms with Crippen molar-refractivity contribution in [3.05, 3.63) is 23.2 Å². The van der Waals surface area contributed by atoms with Crippen LogP contribution in [0.5, 0.6) is 0 Å². The molecule has 1 aromatic heterocycles. The lowest BCUT2D eigenvalue weighted by Crippen LogP contribution is -2.27. The van der Waals surface area contributed by atoms with E-state index >= 15 is 0 Å². The van der Waals surface area contributed by atoms with Gasteiger partial charge in [-0.15, -0.1) is 0 Å². The fourth-order valence-electron chi connectivity index (χ4n) is 0.787. The number of nitrogens with zero attached hydrogens (tertiary/aromatic N) is 2. The highest BCUT2D eigenvalue weighted by molar-refractivity contribution is 6.29. The number of amides is 1. The van der Waals surface area contributed by atoms with Gasteiger partial charge in [0, 0.05) is 13.7 Å². The molecule has 0 saturated carbocycles. The molecule has 0 bridgehead atoms. The Morgan fingerprint density at radius 1 is 1.57 bits per heavy atom. The Labute approximate surface area is 86.5 Å². The second-order valence-electron chi connectivity index (χ2n) is 2.47. The van der Waals surface area contributed by atoms with Gasteiger partial charge in [0.2, 0.25) is 0 Å². The molecule has 0 spiro atoms. The molecule has 0 aliphatic rings. The van der Waals surface area contributed by atoms with Crippen molar-refractivity contribution < 1.29 is 9.53 Å². The summed E-state index contributed by atoms with van der Waals surface area (Å²) in [5.41, 5.74) is 0.241. The number of aromatic nitrogens is 2. The molecule has 0 aliphatic heterocycles. The molecule has 76 valence electrons. The minimum Gasteiger partial charge on any atom is -0.383 e. The molecule has 0 aliphatic carbocycles. The van der Waals surface area contributed by atoms with Crippen LogP contribution in [0.2, 0.25) is 5.15 Å². The molecule has 1 heterocycles. The van der Waals surface area contributed by atoms with Gasteiger partial charge in [0.1, 0.15) is 10.8 Å². The van der Waals surface area contributed by atoms with Gasteiger partial charge in [-0.25, -0.2) is 9.97 Å². The summed E-state index contributed by atoms with van der Waals surface area (Å²) in [6, 6.07) is 0. The van der Waals surface area contributed by atoms with Crippen LogP contribution in [0, 0.1) is 0 Å². The lowest BCUT2D eigenvalue weighted by atomic mass is 10.4. The number of hydrogen-bond donors (Lipinski definition) is 1. The number of nitrogens with one attached hydrogen (secondary N) is 1. The number of halogens is 1. The number of ether oxygens (including phenoxy) is 1. The zero-order chi connectivity index (χ0) is 10.4. The van der Waals surface area contributed by atoms with Crippen molar-refractivity contribution in [3.8, 4) is 0 Å². The van der Waals surface area contributed by atoms with Crippen LogP contribution in [0.15, 0.2) is 12.4 Å². The standard InChI is InChI=1S/C8H10ClN3O2/c1-14-3-2-10-8(13)6-4-12-7(9)5-11-6/h4-5H,2-3H2,1H3,(H,10,13). The topological polar surface area (TPSA) is 64.1 Å². The molecule has 1 amide bonds. The summed E-state index contributed by atoms with van der Waals surface area (Å²) in [6.07, 6.45) is 2.65. The van der Waals surface area contributed by atoms with Gasteiger partial charge in [-0.05, 0) is 0 Å². The smallest absolute Gasteiger partial charge is 0.271 e. The van der Waals surface area contributed by atoms with Gasteiger partial charge >= 0.3 is 0 Å². The van der Waals surface area contributed by atoms with Gasteiger partial charge in [0.25, 0.3) is 5.91 Å². The Morgan fingerprint density at radius 3 is 2.93 bits per heavy atom. The highest BCUT2D eigenvalue weighted by Crippen LogP contribution is 2.00. The van der Waals surface area contributed by atoms with Gasteiger partial charge in [0.05, 0.1) is 19.0 Å². The summed E-state index contributed by atoms with van der Waals surface area (Å²) in [5.74, 6) is -0.286. The first-order valence-corrected chi connectivity index (χ1v) is 4.36. The van der Waals surface area contributed by atoms with Crippen molar-refractivity contribution in [2.75, 3.05) is 20.3 Å². The molecule has 6 heteroatoms. The predicted molar refractivity (Wildman–Crippen MR) is 51.3 cm³/mol. The van der Waals surface area contributed by atoms with E-state index in [2.05, 4.69) is 15.3 Å². The first-order valence-electron chi connectivity index (χ1n) is 3.98. The van der Waals surface area contributed by atoms with Crippen LogP contribution in [0.3, 0.4) is 0 Å². The van der Waals surface area contributed by atoms with Crippen molar-refractivity contribution in [3.63, 3.8) is 0 Å². The number of carbonyl (C=O) groups is 1. The summed E-state index contributed by atoms with van der Waals surface area (Å²) < 4.78 is 4.78. The third-order valence-electron chi connectivity index (χ3n) is 1.44. The average Bonchev–Trinajstić information content (AvgIpc) is 2.19. The summed E-state index contributed by atoms with van der Waals surface area (Å²) >= 11 is 5.52. The molecular formula is C8H10ClN3O2. The second-order valence-corrected chi connectivity index (χ2v) is 2.86. The zero-order valence-electron chi connectivity index (χ0n) is 7.66. The molecule has 0 radical (unpaired) electrons. The van der Waals surface area contributed by atoms with Crippen molar-refractivity contribution in [1.29, 1.82) is 0 Å². The third kappa shape index (κ3) is 3.27. The Morgan fingerprint density at radius 2 is 2.36 bits per heavy atom. The number of methoxy groups -OCH3 is 1. The third-order valence-corrected chi connectivity index (χ3v) is 1.64. The number of carbonyl (C=O) groups excluding carboxylic acids is 1. The van der Waals surface area contributed by atoms with Crippen LogP contribution in [0.4, 0.5) is 0 Å². The van der Waals surface area contributed by atoms with Gasteiger partial charge in [-0.1, -0.05) is 11.6 Å². The number of rotatable bonds is 4. The monoisotopic (exact) mass is 215 g/mol. The van der Waals surface area contributed by atoms with Crippen LogP contribution < -0.4 is 5.32 Å². The summed E-state index contributed by atoms with van der Waals surface area (Å²) in [5, 5.41) is 2.87. The molecule has 1 rings (SSSR count). The van der Waals surface area contributed by atoms with Crippen LogP contribution in [-0.2, 0) is 4.74 Å². The first-order chi connectivity index (χ1) is 6.74. The van der Waals surface area contributed by atoms with Crippen molar-refractivity contribution in [1.82, 2.24) is 15.3 Å². The molecule has 5 nitrogen and oxygen atoms in total. The SMILES string of the molecule is COCCNC(=O)c1cnc(Cl)cn1. The average molecular weight is 216 g/mol. The molecule has 0 unspecified atom stereocenters. The maximum absolute atomic E-state index is 11.3. The van der Waals surface area contributed by atoms with Crippen LogP contribution in [0.1, 0.15) is 10.5 Å². The van der Waals surface area contributed by atoms with E-state index in [1.54, 1.807) is 7.11 Å². The van der Waals surface area contributed by atoms with E-state index in [4.69, 9.17) is 16.3 Å². The highest BCUT2D eigenvalue weighted by atomic mass is 35.5. The Balaban J connectivity index is 2.48. The van der Waals surface area contributed by atoms with E-state index in [9.17, 15) is 4.79 Å². The molecule has 0 aromatic carbocycles. The first kappa shape index (κ1) is 10.9. The Kier molecular flexibility index (Phi) is 4.28. The van der Waals surface area contributed by atoms with Crippen molar-refractivity contribution in [2.24, 2.45) is 0 Å². The quantitative estimate of drug-likeness (QED) is 0.744. The van der Waals surface area contributed by atoms with Gasteiger partial charge < -0.3 is 10.1 Å². The minimum atomic E-state index is -0.286. The molecule has 0 fully saturated rings. The van der Waals surface area contributed by atoms with Crippen LogP contribution in [-0.4, -0.2) is 36.1 Å². The molecule has 14 heavy (non-hydrogen) atoms. The van der Waals surface area contributed by atoms with E-state index < -0.39 is 0 Å². The summed E-state index contributed by atoms with van der Waals surface area (Å²) in [7, 11) is 1.56. The fourth-order valence-corrected chi connectivity index (χ4v) is 0.884. The van der Waals surface area contributed by atoms with E-state index in [-0.39, 0.29) is 16.8 Å². The lowest BCUT2D eigenvalue weighted by molar-refractivity contribution is 0.0931. The van der Waals surface area contributed by atoms with E-state index in [1.807, 2.05) is 0 Å². The second kappa shape index (κ2) is 5.51. The Bertz CT molecular complexity index is 302. The van der Waals surface area contributed by atoms with Crippen molar-refractivity contribution in [2.45, 2.75) is 0 Å². The largest absolute Gasteiger partial charge is 0.383 e. The molecule has 1 N–H and O–H groups in total. The van der Waals surface area contributed by atoms with Crippen LogP contribution >= 0.6 is 11.6 Å². The van der Waals surface area contributed by atoms with E-state index in [0.29, 0.717) is 13.2 Å². The molecule has 0 atom stereocenters. The van der Waals surface area contributed by atoms with Gasteiger partial charge in [-0.3, -0.25) is 4.79 Å². The van der Waals surface area contributed by atoms with Crippen molar-refractivity contribution >= 4 is 17.5 Å². The maximum Gasteiger partial charge on any atom is 0.271 e.